The van der Waals surface area contributed by atoms with Gasteiger partial charge in [0.15, 0.2) is 1.41 Å². The van der Waals surface area contributed by atoms with Crippen LogP contribution >= 0.6 is 11.8 Å². The summed E-state index contributed by atoms with van der Waals surface area (Å²) in [4.78, 5) is 123. The molecule has 3 aromatic rings. The van der Waals surface area contributed by atoms with E-state index < -0.39 is 151 Å². The van der Waals surface area contributed by atoms with Crippen LogP contribution in [0, 0.1) is 17.0 Å². The molecule has 0 aliphatic heterocycles. The number of alkyl carbamates (subject to hydrolysis) is 1. The Kier molecular flexibility index (Phi) is 26.8. The minimum atomic E-state index is -1.75. The monoisotopic (exact) mass is 1240 g/mol. The SMILES string of the molecule is [2H]N(CCC(=O)N[C@@H](CCC(=O)OC(C)(C)C)C(=O)OC(C)(C)C)C(=O)[C@H](CCN(C(=O)CSC[C@H](NC(=O)[C@@H](N)CC(N)=O)C(=O)OC(C)(C)C)[C@@H](c1cc(-c2cc(F)ccc2F)cn1Cc1ccccc1)C(C)(C)C)NC(=O)OCC[Si](C)(C)C. The van der Waals surface area contributed by atoms with E-state index in [1.54, 1.807) is 79.1 Å². The van der Waals surface area contributed by atoms with Crippen molar-refractivity contribution in [1.82, 2.24) is 30.7 Å². The van der Waals surface area contributed by atoms with Crippen LogP contribution in [0.15, 0.2) is 60.8 Å². The molecule has 478 valence electrons. The molecule has 0 radical (unpaired) electrons. The Labute approximate surface area is 511 Å². The van der Waals surface area contributed by atoms with Crippen molar-refractivity contribution in [3.8, 4) is 11.1 Å². The lowest BCUT2D eigenvalue weighted by molar-refractivity contribution is -0.160. The molecule has 86 heavy (non-hydrogen) atoms. The van der Waals surface area contributed by atoms with Gasteiger partial charge < -0.3 is 61.1 Å². The van der Waals surface area contributed by atoms with Gasteiger partial charge in [-0.05, 0) is 116 Å². The van der Waals surface area contributed by atoms with Gasteiger partial charge in [-0.15, -0.1) is 11.8 Å². The molecule has 0 saturated carbocycles. The number of hydrogen-bond acceptors (Lipinski definition) is 15. The summed E-state index contributed by atoms with van der Waals surface area (Å²) in [6.45, 7) is 25.8. The first-order valence-corrected chi connectivity index (χ1v) is 33.5. The zero-order valence-electron chi connectivity index (χ0n) is 53.6. The van der Waals surface area contributed by atoms with Gasteiger partial charge in [0.1, 0.15) is 46.6 Å². The van der Waals surface area contributed by atoms with Gasteiger partial charge in [-0.3, -0.25) is 28.8 Å². The smallest absolute Gasteiger partial charge is 0.407 e. The molecule has 0 spiro atoms. The summed E-state index contributed by atoms with van der Waals surface area (Å²) in [6.07, 6.45) is -1.25. The number of carbonyl (C=O) groups is 9. The van der Waals surface area contributed by atoms with Crippen molar-refractivity contribution in [3.63, 3.8) is 0 Å². The zero-order chi connectivity index (χ0) is 66.0. The fourth-order valence-electron chi connectivity index (χ4n) is 8.57. The Balaban J connectivity index is 2.19. The molecule has 8 N–H and O–H groups in total. The molecule has 0 fully saturated rings. The Morgan fingerprint density at radius 2 is 1.35 bits per heavy atom. The van der Waals surface area contributed by atoms with E-state index >= 15 is 9.18 Å². The molecule has 1 heterocycles. The van der Waals surface area contributed by atoms with Crippen LogP contribution in [-0.4, -0.2) is 143 Å². The molecular formula is C61H92F2N8O13SSi. The molecule has 5 atom stereocenters. The average molecular weight is 1240 g/mol. The maximum Gasteiger partial charge on any atom is 0.407 e. The van der Waals surface area contributed by atoms with Gasteiger partial charge in [-0.1, -0.05) is 70.7 Å². The minimum absolute atomic E-state index is 0.00235. The highest BCUT2D eigenvalue weighted by Gasteiger charge is 2.39. The van der Waals surface area contributed by atoms with Gasteiger partial charge in [0.05, 0.1) is 30.9 Å². The number of amides is 6. The first-order valence-electron chi connectivity index (χ1n) is 29.1. The van der Waals surface area contributed by atoms with Crippen LogP contribution in [0.3, 0.4) is 0 Å². The summed E-state index contributed by atoms with van der Waals surface area (Å²) in [5.74, 6) is -8.55. The van der Waals surface area contributed by atoms with E-state index in [1.165, 1.54) is 4.90 Å². The lowest BCUT2D eigenvalue weighted by Gasteiger charge is -2.41. The Morgan fingerprint density at radius 1 is 0.744 bits per heavy atom. The van der Waals surface area contributed by atoms with Crippen molar-refractivity contribution in [3.05, 3.63) is 83.7 Å². The summed E-state index contributed by atoms with van der Waals surface area (Å²) in [5.41, 5.74) is 8.94. The molecule has 0 unspecified atom stereocenters. The third kappa shape index (κ3) is 27.2. The normalized spacial score (nSPS) is 14.0. The number of primary amides is 1. The van der Waals surface area contributed by atoms with E-state index in [4.69, 9.17) is 31.8 Å². The van der Waals surface area contributed by atoms with E-state index in [0.717, 1.165) is 35.5 Å². The van der Waals surface area contributed by atoms with Crippen molar-refractivity contribution in [2.24, 2.45) is 16.9 Å². The van der Waals surface area contributed by atoms with Gasteiger partial charge in [-0.2, -0.15) is 0 Å². The van der Waals surface area contributed by atoms with E-state index in [2.05, 4.69) is 35.6 Å². The van der Waals surface area contributed by atoms with E-state index in [-0.39, 0.29) is 55.8 Å². The topological polar surface area (TPSA) is 299 Å². The number of esters is 3. The van der Waals surface area contributed by atoms with Crippen LogP contribution in [0.2, 0.25) is 27.1 Å². The first-order chi connectivity index (χ1) is 40.0. The molecule has 1 aromatic heterocycles. The average Bonchev–Trinajstić information content (AvgIpc) is 1.73. The zero-order valence-corrected chi connectivity index (χ0v) is 54.4. The second kappa shape index (κ2) is 32.2. The van der Waals surface area contributed by atoms with Crippen LogP contribution < -0.4 is 32.7 Å². The van der Waals surface area contributed by atoms with Crippen LogP contribution in [0.1, 0.15) is 132 Å². The quantitative estimate of drug-likeness (QED) is 0.0215. The Hall–Kier alpha value is -6.86. The molecule has 2 aromatic carbocycles. The molecule has 6 amide bonds. The van der Waals surface area contributed by atoms with Crippen molar-refractivity contribution >= 4 is 73.4 Å². The van der Waals surface area contributed by atoms with Gasteiger partial charge >= 0.3 is 24.0 Å². The largest absolute Gasteiger partial charge is 0.460 e. The second-order valence-electron chi connectivity index (χ2n) is 26.3. The number of hydrogen-bond donors (Lipinski definition) is 6. The third-order valence-corrected chi connectivity index (χ3v) is 15.1. The summed E-state index contributed by atoms with van der Waals surface area (Å²) in [6, 6.07) is 7.77. The van der Waals surface area contributed by atoms with Crippen molar-refractivity contribution in [1.29, 1.82) is 0 Å². The van der Waals surface area contributed by atoms with E-state index in [1.807, 2.05) is 51.1 Å². The lowest BCUT2D eigenvalue weighted by Crippen LogP contribution is -2.52. The number of nitrogens with zero attached hydrogens (tertiary/aromatic N) is 2. The van der Waals surface area contributed by atoms with E-state index in [0.29, 0.717) is 17.0 Å². The van der Waals surface area contributed by atoms with E-state index in [9.17, 15) is 42.7 Å². The predicted molar refractivity (Wildman–Crippen MR) is 328 cm³/mol. The number of ether oxygens (including phenoxy) is 4. The first kappa shape index (κ1) is 71.6. The van der Waals surface area contributed by atoms with Crippen LogP contribution in [0.4, 0.5) is 13.6 Å². The third-order valence-electron chi connectivity index (χ3n) is 12.4. The molecule has 0 bridgehead atoms. The fourth-order valence-corrected chi connectivity index (χ4v) is 10.2. The molecule has 0 saturated heterocycles. The summed E-state index contributed by atoms with van der Waals surface area (Å²) in [7, 11) is -1.75. The molecular weight excluding hydrogens is 1150 g/mol. The maximum absolute atomic E-state index is 15.7. The van der Waals surface area contributed by atoms with Gasteiger partial charge in [0.2, 0.25) is 29.5 Å². The highest BCUT2D eigenvalue weighted by atomic mass is 32.2. The van der Waals surface area contributed by atoms with Crippen LogP contribution in [0.25, 0.3) is 11.1 Å². The van der Waals surface area contributed by atoms with Crippen molar-refractivity contribution in [2.45, 2.75) is 194 Å². The van der Waals surface area contributed by atoms with Gasteiger partial charge in [-0.25, -0.2) is 23.2 Å². The number of thioether (sulfide) groups is 1. The number of aromatic nitrogens is 1. The highest BCUT2D eigenvalue weighted by molar-refractivity contribution is 8.00. The van der Waals surface area contributed by atoms with Crippen LogP contribution in [0.5, 0.6) is 0 Å². The Morgan fingerprint density at radius 3 is 1.92 bits per heavy atom. The molecule has 3 rings (SSSR count). The van der Waals surface area contributed by atoms with Gasteiger partial charge in [0.25, 0.3) is 0 Å². The van der Waals surface area contributed by atoms with Gasteiger partial charge in [0, 0.05) is 69.3 Å². The maximum atomic E-state index is 15.7. The molecule has 21 nitrogen and oxygen atoms in total. The highest BCUT2D eigenvalue weighted by Crippen LogP contribution is 2.42. The standard InChI is InChI=1S/C61H92F2N8O13SSi/c1-58(2,3)52(47-31-39(41-32-40(62)21-22-42(41)63)35-70(47)34-38-19-17-16-18-20-38)71(50(74)37-85-36-46(56(79)84-61(10,11)12)68-53(76)43(64)33-48(65)72)28-26-44(69-57(80)81-29-30-86(13,14)15)54(77)66-27-25-49(73)67-45(55(78)83-60(7,8)9)23-24-51(75)82-59(4,5)6/h16-22,31-32,35,43-46,52H,23-30,33-34,36-37,64H2,1-15H3,(H2,65,72)(H,66,77)(H,67,73)(H,68,76)(H,69,80)/t43-,44-,45-,46-,52-/m0/s1/i/hD. The number of nitrogens with two attached hydrogens (primary N) is 2. The second-order valence-corrected chi connectivity index (χ2v) is 33.0. The number of benzene rings is 2. The van der Waals surface area contributed by atoms with Crippen molar-refractivity contribution < 1.29 is 72.3 Å². The summed E-state index contributed by atoms with van der Waals surface area (Å²) >= 11 is 0.928. The lowest BCUT2D eigenvalue weighted by atomic mass is 9.82. The summed E-state index contributed by atoms with van der Waals surface area (Å²) < 4.78 is 63.5. The number of rotatable bonds is 30. The molecule has 25 heteroatoms. The Bertz CT molecular complexity index is 2870. The van der Waals surface area contributed by atoms with Crippen molar-refractivity contribution in [2.75, 3.05) is 31.2 Å². The summed E-state index contributed by atoms with van der Waals surface area (Å²) in [5, 5.41) is 8.12. The number of halogens is 2. The molecule has 0 aliphatic carbocycles. The minimum Gasteiger partial charge on any atom is -0.460 e. The fraction of sp³-hybridized carbons (Fsp3) is 0.590. The molecule has 0 aliphatic rings. The predicted octanol–water partition coefficient (Wildman–Crippen LogP) is 7.44. The van der Waals surface area contributed by atoms with Crippen LogP contribution in [-0.2, 0) is 63.8 Å². The number of carbonyl (C=O) groups excluding carboxylic acids is 9. The number of nitrogens with one attached hydrogen (secondary N) is 4.